The molecule has 1 saturated heterocycles. The second kappa shape index (κ2) is 16.2. The molecule has 11 nitrogen and oxygen atoms in total. The number of aryl methyl sites for hydroxylation is 1. The van der Waals surface area contributed by atoms with Crippen LogP contribution in [0.25, 0.3) is 0 Å². The molecule has 6 N–H and O–H groups in total. The largest absolute Gasteiger partial charge is 0.504 e. The fourth-order valence-corrected chi connectivity index (χ4v) is 7.03. The SMILES string of the molecule is COc1cc(C2c3cc4c(cc3[C@@H](NC(=O)NCCCCCCCCCNCCCCN)[C@H]3COC(=O)[C@H]23)OCO4)cc(C)c1O. The van der Waals surface area contributed by atoms with Gasteiger partial charge in [-0.05, 0) is 92.7 Å². The molecule has 4 atom stereocenters. The molecule has 11 heteroatoms. The number of benzene rings is 2. The fourth-order valence-electron chi connectivity index (χ4n) is 7.03. The van der Waals surface area contributed by atoms with Gasteiger partial charge < -0.3 is 45.7 Å². The minimum absolute atomic E-state index is 0.0626. The summed E-state index contributed by atoms with van der Waals surface area (Å²) in [4.78, 5) is 26.5. The number of rotatable bonds is 17. The zero-order valence-electron chi connectivity index (χ0n) is 27.2. The highest BCUT2D eigenvalue weighted by atomic mass is 16.7. The standard InChI is InChI=1S/C35H50N4O7/c1-22-16-23(17-29(43-2)33(22)40)30-24-18-27-28(46-21-45-27)19-25(24)32(26-20-44-34(41)31(26)30)39-35(42)38-15-10-7-5-3-4-6-9-13-37-14-11-8-12-36/h16-19,26,30-32,37,40H,3-15,20-21,36H2,1-2H3,(H2,38,39,42)/t26-,30?,31-,32+/m0/s1. The maximum atomic E-state index is 13.3. The average Bonchev–Trinajstić information content (AvgIpc) is 3.67. The molecule has 1 aliphatic carbocycles. The van der Waals surface area contributed by atoms with Crippen molar-refractivity contribution in [2.24, 2.45) is 17.6 Å². The average molecular weight is 639 g/mol. The van der Waals surface area contributed by atoms with Crippen LogP contribution in [0.2, 0.25) is 0 Å². The number of fused-ring (bicyclic) bond motifs is 3. The van der Waals surface area contributed by atoms with Gasteiger partial charge in [0.05, 0.1) is 25.7 Å². The van der Waals surface area contributed by atoms with Gasteiger partial charge in [-0.25, -0.2) is 4.79 Å². The number of methoxy groups -OCH3 is 1. The van der Waals surface area contributed by atoms with E-state index in [1.807, 2.05) is 18.2 Å². The maximum Gasteiger partial charge on any atom is 0.315 e. The van der Waals surface area contributed by atoms with Crippen molar-refractivity contribution < 1.29 is 33.6 Å². The van der Waals surface area contributed by atoms with Crippen LogP contribution in [0.15, 0.2) is 24.3 Å². The Morgan fingerprint density at radius 2 is 1.57 bits per heavy atom. The Bertz CT molecular complexity index is 1350. The summed E-state index contributed by atoms with van der Waals surface area (Å²) in [6.07, 6.45) is 10.3. The number of unbranched alkanes of at least 4 members (excludes halogenated alkanes) is 7. The number of esters is 1. The first-order valence-electron chi connectivity index (χ1n) is 16.9. The first-order valence-corrected chi connectivity index (χ1v) is 16.9. The molecule has 2 heterocycles. The van der Waals surface area contributed by atoms with E-state index >= 15 is 0 Å². The molecule has 3 aliphatic rings. The van der Waals surface area contributed by atoms with Gasteiger partial charge in [0.2, 0.25) is 6.79 Å². The van der Waals surface area contributed by atoms with Crippen LogP contribution >= 0.6 is 0 Å². The highest BCUT2D eigenvalue weighted by Gasteiger charge is 2.53. The van der Waals surface area contributed by atoms with Gasteiger partial charge in [-0.1, -0.05) is 38.2 Å². The molecule has 0 bridgehead atoms. The number of ether oxygens (including phenoxy) is 4. The van der Waals surface area contributed by atoms with Gasteiger partial charge in [-0.2, -0.15) is 0 Å². The Hall–Kier alpha value is -3.70. The molecular formula is C35H50N4O7. The van der Waals surface area contributed by atoms with E-state index in [4.69, 9.17) is 24.7 Å². The van der Waals surface area contributed by atoms with Gasteiger partial charge in [0.15, 0.2) is 23.0 Å². The third-order valence-electron chi connectivity index (χ3n) is 9.46. The Kier molecular flexibility index (Phi) is 11.9. The highest BCUT2D eigenvalue weighted by molar-refractivity contribution is 5.80. The number of nitrogens with two attached hydrogens (primary N) is 1. The number of hydrogen-bond donors (Lipinski definition) is 5. The van der Waals surface area contributed by atoms with Crippen LogP contribution < -0.4 is 35.9 Å². The van der Waals surface area contributed by atoms with Crippen molar-refractivity contribution >= 4 is 12.0 Å². The second-order valence-corrected chi connectivity index (χ2v) is 12.6. The van der Waals surface area contributed by atoms with Crippen molar-refractivity contribution in [3.63, 3.8) is 0 Å². The van der Waals surface area contributed by atoms with Gasteiger partial charge in [-0.3, -0.25) is 4.79 Å². The van der Waals surface area contributed by atoms with Crippen LogP contribution in [-0.2, 0) is 9.53 Å². The second-order valence-electron chi connectivity index (χ2n) is 12.6. The number of carbonyl (C=O) groups excluding carboxylic acids is 2. The number of hydrogen-bond acceptors (Lipinski definition) is 9. The van der Waals surface area contributed by atoms with Crippen molar-refractivity contribution in [3.05, 3.63) is 46.5 Å². The van der Waals surface area contributed by atoms with E-state index in [0.717, 1.165) is 68.4 Å². The molecular weight excluding hydrogens is 588 g/mol. The Balaban J connectivity index is 1.18. The van der Waals surface area contributed by atoms with Crippen LogP contribution in [0.3, 0.4) is 0 Å². The first-order chi connectivity index (χ1) is 22.4. The molecule has 2 aliphatic heterocycles. The molecule has 2 aromatic rings. The van der Waals surface area contributed by atoms with E-state index in [9.17, 15) is 14.7 Å². The number of nitrogens with one attached hydrogen (secondary N) is 3. The molecule has 2 amide bonds. The summed E-state index contributed by atoms with van der Waals surface area (Å²) in [6.45, 7) is 5.58. The predicted octanol–water partition coefficient (Wildman–Crippen LogP) is 4.77. The molecule has 0 spiro atoms. The monoisotopic (exact) mass is 638 g/mol. The summed E-state index contributed by atoms with van der Waals surface area (Å²) < 4.78 is 22.5. The number of carbonyl (C=O) groups is 2. The summed E-state index contributed by atoms with van der Waals surface area (Å²) >= 11 is 0. The molecule has 0 saturated carbocycles. The molecule has 0 aromatic heterocycles. The predicted molar refractivity (Wildman–Crippen MR) is 174 cm³/mol. The molecule has 0 radical (unpaired) electrons. The van der Waals surface area contributed by atoms with Crippen LogP contribution in [0.4, 0.5) is 4.79 Å². The summed E-state index contributed by atoms with van der Waals surface area (Å²) in [6, 6.07) is 6.73. The zero-order chi connectivity index (χ0) is 32.5. The van der Waals surface area contributed by atoms with E-state index in [-0.39, 0.29) is 37.1 Å². The first kappa shape index (κ1) is 33.7. The lowest BCUT2D eigenvalue weighted by Gasteiger charge is -2.39. The van der Waals surface area contributed by atoms with Gasteiger partial charge in [0, 0.05) is 18.4 Å². The van der Waals surface area contributed by atoms with Crippen molar-refractivity contribution in [2.45, 2.75) is 76.7 Å². The van der Waals surface area contributed by atoms with Gasteiger partial charge in [-0.15, -0.1) is 0 Å². The lowest BCUT2D eigenvalue weighted by atomic mass is 9.65. The molecule has 5 rings (SSSR count). The quantitative estimate of drug-likeness (QED) is 0.122. The smallest absolute Gasteiger partial charge is 0.315 e. The van der Waals surface area contributed by atoms with Crippen LogP contribution in [0.1, 0.15) is 92.0 Å². The Labute approximate surface area is 271 Å². The van der Waals surface area contributed by atoms with Crippen molar-refractivity contribution in [2.75, 3.05) is 46.7 Å². The maximum absolute atomic E-state index is 13.3. The van der Waals surface area contributed by atoms with Crippen molar-refractivity contribution in [1.29, 1.82) is 0 Å². The molecule has 252 valence electrons. The lowest BCUT2D eigenvalue weighted by molar-refractivity contribution is -0.141. The third-order valence-corrected chi connectivity index (χ3v) is 9.46. The Morgan fingerprint density at radius 3 is 2.26 bits per heavy atom. The van der Waals surface area contributed by atoms with E-state index in [1.54, 1.807) is 13.0 Å². The summed E-state index contributed by atoms with van der Waals surface area (Å²) in [5.41, 5.74) is 8.70. The molecule has 2 aromatic carbocycles. The molecule has 1 fully saturated rings. The third kappa shape index (κ3) is 7.81. The lowest BCUT2D eigenvalue weighted by Crippen LogP contribution is -2.46. The number of phenolic OH excluding ortho intramolecular Hbond substituents is 1. The minimum atomic E-state index is -0.543. The summed E-state index contributed by atoms with van der Waals surface area (Å²) in [7, 11) is 1.50. The Morgan fingerprint density at radius 1 is 0.913 bits per heavy atom. The van der Waals surface area contributed by atoms with E-state index in [0.29, 0.717) is 29.4 Å². The number of aromatic hydroxyl groups is 1. The number of cyclic esters (lactones) is 1. The number of amides is 2. The summed E-state index contributed by atoms with van der Waals surface area (Å²) in [5.74, 6) is 0.0526. The van der Waals surface area contributed by atoms with E-state index in [2.05, 4.69) is 16.0 Å². The summed E-state index contributed by atoms with van der Waals surface area (Å²) in [5, 5.41) is 20.2. The fraction of sp³-hybridized carbons (Fsp3) is 0.600. The van der Waals surface area contributed by atoms with E-state index < -0.39 is 17.9 Å². The van der Waals surface area contributed by atoms with Crippen LogP contribution in [0, 0.1) is 18.8 Å². The van der Waals surface area contributed by atoms with Crippen molar-refractivity contribution in [1.82, 2.24) is 16.0 Å². The zero-order valence-corrected chi connectivity index (χ0v) is 27.2. The normalized spacial score (nSPS) is 21.0. The molecule has 46 heavy (non-hydrogen) atoms. The van der Waals surface area contributed by atoms with Crippen LogP contribution in [0.5, 0.6) is 23.0 Å². The van der Waals surface area contributed by atoms with Crippen LogP contribution in [-0.4, -0.2) is 63.8 Å². The van der Waals surface area contributed by atoms with E-state index in [1.165, 1.54) is 32.8 Å². The highest BCUT2D eigenvalue weighted by Crippen LogP contribution is 2.55. The number of phenols is 1. The van der Waals surface area contributed by atoms with Gasteiger partial charge >= 0.3 is 12.0 Å². The number of urea groups is 1. The molecule has 1 unspecified atom stereocenters. The van der Waals surface area contributed by atoms with Gasteiger partial charge in [0.1, 0.15) is 0 Å². The minimum Gasteiger partial charge on any atom is -0.504 e. The van der Waals surface area contributed by atoms with Crippen molar-refractivity contribution in [3.8, 4) is 23.0 Å². The van der Waals surface area contributed by atoms with Gasteiger partial charge in [0.25, 0.3) is 0 Å². The topological polar surface area (TPSA) is 153 Å².